The van der Waals surface area contributed by atoms with Gasteiger partial charge in [0.25, 0.3) is 0 Å². The van der Waals surface area contributed by atoms with Crippen molar-refractivity contribution in [1.82, 2.24) is 15.2 Å². The van der Waals surface area contributed by atoms with Gasteiger partial charge in [-0.25, -0.2) is 0 Å². The van der Waals surface area contributed by atoms with E-state index in [1.165, 1.54) is 18.9 Å². The topological polar surface area (TPSA) is 62.3 Å². The van der Waals surface area contributed by atoms with Gasteiger partial charge in [0, 0.05) is 31.6 Å². The third-order valence-electron chi connectivity index (χ3n) is 3.48. The predicted molar refractivity (Wildman–Crippen MR) is 81.3 cm³/mol. The molecule has 0 spiro atoms. The summed E-state index contributed by atoms with van der Waals surface area (Å²) >= 11 is 0. The zero-order chi connectivity index (χ0) is 14.9. The van der Waals surface area contributed by atoms with E-state index >= 15 is 0 Å². The van der Waals surface area contributed by atoms with Crippen molar-refractivity contribution >= 4 is 17.9 Å². The normalized spacial score (nSPS) is 15.7. The summed E-state index contributed by atoms with van der Waals surface area (Å²) in [6.45, 7) is 1.68. The van der Waals surface area contributed by atoms with Crippen molar-refractivity contribution in [2.75, 3.05) is 19.6 Å². The number of likely N-dealkylation sites (tertiary alicyclic amines) is 1. The number of nitrogens with zero attached hydrogens (tertiary/aromatic N) is 2. The molecular weight excluding hydrogens is 266 g/mol. The molecule has 2 amide bonds. The van der Waals surface area contributed by atoms with E-state index < -0.39 is 0 Å². The molecule has 0 bridgehead atoms. The van der Waals surface area contributed by atoms with E-state index in [9.17, 15) is 9.59 Å². The van der Waals surface area contributed by atoms with E-state index in [2.05, 4.69) is 10.3 Å². The van der Waals surface area contributed by atoms with Crippen molar-refractivity contribution in [2.45, 2.75) is 25.7 Å². The maximum Gasteiger partial charge on any atom is 0.244 e. The van der Waals surface area contributed by atoms with Crippen LogP contribution in [0.25, 0.3) is 6.08 Å². The number of carbonyl (C=O) groups is 2. The molecule has 1 N–H and O–H groups in total. The molecule has 1 aliphatic heterocycles. The standard InChI is InChI=1S/C16H21N3O2/c20-15(8-7-14-6-5-9-17-12-14)18-13-16(21)19-10-3-1-2-4-11-19/h5-9,12H,1-4,10-11,13H2,(H,18,20). The fourth-order valence-corrected chi connectivity index (χ4v) is 2.30. The van der Waals surface area contributed by atoms with E-state index in [1.807, 2.05) is 11.0 Å². The molecular formula is C16H21N3O2. The van der Waals surface area contributed by atoms with Crippen LogP contribution in [0.2, 0.25) is 0 Å². The van der Waals surface area contributed by atoms with Crippen LogP contribution in [0.15, 0.2) is 30.6 Å². The summed E-state index contributed by atoms with van der Waals surface area (Å²) < 4.78 is 0. The first kappa shape index (κ1) is 15.2. The number of hydrogen-bond acceptors (Lipinski definition) is 3. The van der Waals surface area contributed by atoms with Crippen molar-refractivity contribution in [3.63, 3.8) is 0 Å². The second kappa shape index (κ2) is 8.19. The highest BCUT2D eigenvalue weighted by molar-refractivity contribution is 5.94. The molecule has 1 aliphatic rings. The maximum atomic E-state index is 12.0. The average Bonchev–Trinajstić information content (AvgIpc) is 2.81. The van der Waals surface area contributed by atoms with Gasteiger partial charge in [-0.05, 0) is 30.5 Å². The second-order valence-electron chi connectivity index (χ2n) is 5.13. The van der Waals surface area contributed by atoms with Crippen LogP contribution >= 0.6 is 0 Å². The Morgan fingerprint density at radius 2 is 2.00 bits per heavy atom. The monoisotopic (exact) mass is 287 g/mol. The fraction of sp³-hybridized carbons (Fsp3) is 0.438. The highest BCUT2D eigenvalue weighted by Crippen LogP contribution is 2.09. The Bertz CT molecular complexity index is 492. The molecule has 2 rings (SSSR count). The third-order valence-corrected chi connectivity index (χ3v) is 3.48. The third kappa shape index (κ3) is 5.38. The van der Waals surface area contributed by atoms with Crippen LogP contribution in [0.5, 0.6) is 0 Å². The van der Waals surface area contributed by atoms with Gasteiger partial charge in [0.15, 0.2) is 0 Å². The Morgan fingerprint density at radius 1 is 1.24 bits per heavy atom. The van der Waals surface area contributed by atoms with E-state index in [0.717, 1.165) is 31.5 Å². The molecule has 5 nitrogen and oxygen atoms in total. The zero-order valence-electron chi connectivity index (χ0n) is 12.1. The number of nitrogens with one attached hydrogen (secondary N) is 1. The van der Waals surface area contributed by atoms with Crippen molar-refractivity contribution in [3.05, 3.63) is 36.2 Å². The lowest BCUT2D eigenvalue weighted by atomic mass is 10.2. The lowest BCUT2D eigenvalue weighted by Crippen LogP contribution is -2.40. The summed E-state index contributed by atoms with van der Waals surface area (Å²) in [6, 6.07) is 3.67. The van der Waals surface area contributed by atoms with Gasteiger partial charge in [-0.15, -0.1) is 0 Å². The van der Waals surface area contributed by atoms with Crippen molar-refractivity contribution in [3.8, 4) is 0 Å². The molecule has 1 aromatic rings. The van der Waals surface area contributed by atoms with Crippen LogP contribution in [0.1, 0.15) is 31.2 Å². The molecule has 21 heavy (non-hydrogen) atoms. The van der Waals surface area contributed by atoms with Gasteiger partial charge in [-0.3, -0.25) is 14.6 Å². The molecule has 0 aliphatic carbocycles. The van der Waals surface area contributed by atoms with Crippen molar-refractivity contribution in [2.24, 2.45) is 0 Å². The quantitative estimate of drug-likeness (QED) is 0.856. The summed E-state index contributed by atoms with van der Waals surface area (Å²) in [5, 5.41) is 2.63. The van der Waals surface area contributed by atoms with Gasteiger partial charge < -0.3 is 10.2 Å². The highest BCUT2D eigenvalue weighted by atomic mass is 16.2. The summed E-state index contributed by atoms with van der Waals surface area (Å²) in [5.74, 6) is -0.262. The van der Waals surface area contributed by atoms with E-state index in [1.54, 1.807) is 24.5 Å². The van der Waals surface area contributed by atoms with Gasteiger partial charge in [-0.1, -0.05) is 18.9 Å². The fourth-order valence-electron chi connectivity index (χ4n) is 2.30. The van der Waals surface area contributed by atoms with Crippen molar-refractivity contribution in [1.29, 1.82) is 0 Å². The molecule has 112 valence electrons. The number of pyridine rings is 1. The average molecular weight is 287 g/mol. The van der Waals surface area contributed by atoms with Crippen LogP contribution in [-0.2, 0) is 9.59 Å². The summed E-state index contributed by atoms with van der Waals surface area (Å²) in [6.07, 6.45) is 10.9. The van der Waals surface area contributed by atoms with Crippen LogP contribution in [0, 0.1) is 0 Å². The van der Waals surface area contributed by atoms with E-state index in [4.69, 9.17) is 0 Å². The van der Waals surface area contributed by atoms with Gasteiger partial charge in [0.1, 0.15) is 0 Å². The molecule has 0 unspecified atom stereocenters. The molecule has 2 heterocycles. The predicted octanol–water partition coefficient (Wildman–Crippen LogP) is 1.61. The minimum atomic E-state index is -0.262. The van der Waals surface area contributed by atoms with Crippen LogP contribution in [0.4, 0.5) is 0 Å². The Labute approximate surface area is 125 Å². The first-order valence-electron chi connectivity index (χ1n) is 7.39. The SMILES string of the molecule is O=C(C=Cc1cccnc1)NCC(=O)N1CCCCCC1. The molecule has 0 atom stereocenters. The molecule has 0 aromatic carbocycles. The number of carbonyl (C=O) groups excluding carboxylic acids is 2. The number of rotatable bonds is 4. The molecule has 1 fully saturated rings. The Kier molecular flexibility index (Phi) is 5.94. The highest BCUT2D eigenvalue weighted by Gasteiger charge is 2.15. The Hall–Kier alpha value is -2.17. The summed E-state index contributed by atoms with van der Waals surface area (Å²) in [5.41, 5.74) is 0.853. The largest absolute Gasteiger partial charge is 0.343 e. The van der Waals surface area contributed by atoms with Gasteiger partial charge >= 0.3 is 0 Å². The molecule has 5 heteroatoms. The van der Waals surface area contributed by atoms with Crippen LogP contribution < -0.4 is 5.32 Å². The second-order valence-corrected chi connectivity index (χ2v) is 5.13. The van der Waals surface area contributed by atoms with Crippen LogP contribution in [-0.4, -0.2) is 41.3 Å². The summed E-state index contributed by atoms with van der Waals surface area (Å²) in [4.78, 5) is 29.5. The Morgan fingerprint density at radius 3 is 2.67 bits per heavy atom. The number of amides is 2. The molecule has 1 aromatic heterocycles. The Balaban J connectivity index is 1.75. The zero-order valence-corrected chi connectivity index (χ0v) is 12.1. The molecule has 0 radical (unpaired) electrons. The lowest BCUT2D eigenvalue weighted by Gasteiger charge is -2.20. The molecule has 0 saturated carbocycles. The van der Waals surface area contributed by atoms with Gasteiger partial charge in [-0.2, -0.15) is 0 Å². The number of aromatic nitrogens is 1. The molecule has 1 saturated heterocycles. The van der Waals surface area contributed by atoms with Gasteiger partial charge in [0.2, 0.25) is 11.8 Å². The first-order chi connectivity index (χ1) is 10.3. The minimum Gasteiger partial charge on any atom is -0.343 e. The van der Waals surface area contributed by atoms with E-state index in [-0.39, 0.29) is 18.4 Å². The first-order valence-corrected chi connectivity index (χ1v) is 7.39. The number of hydrogen-bond donors (Lipinski definition) is 1. The lowest BCUT2D eigenvalue weighted by molar-refractivity contribution is -0.132. The maximum absolute atomic E-state index is 12.0. The summed E-state index contributed by atoms with van der Waals surface area (Å²) in [7, 11) is 0. The van der Waals surface area contributed by atoms with Crippen molar-refractivity contribution < 1.29 is 9.59 Å². The smallest absolute Gasteiger partial charge is 0.244 e. The minimum absolute atomic E-state index is 0.0000257. The van der Waals surface area contributed by atoms with Gasteiger partial charge in [0.05, 0.1) is 6.54 Å². The van der Waals surface area contributed by atoms with E-state index in [0.29, 0.717) is 0 Å². The van der Waals surface area contributed by atoms with Crippen LogP contribution in [0.3, 0.4) is 0 Å².